The van der Waals surface area contributed by atoms with E-state index in [1.54, 1.807) is 0 Å². The van der Waals surface area contributed by atoms with Crippen LogP contribution in [0.1, 0.15) is 20.8 Å². The lowest BCUT2D eigenvalue weighted by atomic mass is 10.1. The molecule has 84 valence electrons. The third-order valence-electron chi connectivity index (χ3n) is 2.89. The molecule has 1 atom stereocenters. The second-order valence-electron chi connectivity index (χ2n) is 4.83. The quantitative estimate of drug-likeness (QED) is 0.720. The van der Waals surface area contributed by atoms with Gasteiger partial charge in [-0.25, -0.2) is 0 Å². The summed E-state index contributed by atoms with van der Waals surface area (Å²) >= 11 is 0. The molecule has 1 saturated heterocycles. The first-order valence-electron chi connectivity index (χ1n) is 5.80. The van der Waals surface area contributed by atoms with Crippen molar-refractivity contribution in [1.29, 1.82) is 0 Å². The molecule has 0 bridgehead atoms. The predicted octanol–water partition coefficient (Wildman–Crippen LogP) is 0.607. The van der Waals surface area contributed by atoms with Gasteiger partial charge in [0.2, 0.25) is 0 Å². The van der Waals surface area contributed by atoms with E-state index in [9.17, 15) is 0 Å². The molecule has 1 rings (SSSR count). The highest BCUT2D eigenvalue weighted by Gasteiger charge is 2.23. The van der Waals surface area contributed by atoms with E-state index in [-0.39, 0.29) is 0 Å². The van der Waals surface area contributed by atoms with E-state index < -0.39 is 0 Å². The molecule has 0 saturated carbocycles. The highest BCUT2D eigenvalue weighted by molar-refractivity contribution is 4.79. The molecule has 0 aromatic heterocycles. The topological polar surface area (TPSA) is 32.5 Å². The zero-order valence-corrected chi connectivity index (χ0v) is 9.87. The fraction of sp³-hybridized carbons (Fsp3) is 1.00. The minimum atomic E-state index is 0.692. The van der Waals surface area contributed by atoms with E-state index in [0.717, 1.165) is 19.0 Å². The number of nitrogens with two attached hydrogens (primary N) is 1. The number of hydrogen-bond acceptors (Lipinski definition) is 3. The molecule has 0 radical (unpaired) electrons. The van der Waals surface area contributed by atoms with Gasteiger partial charge >= 0.3 is 0 Å². The van der Waals surface area contributed by atoms with Gasteiger partial charge in [0, 0.05) is 45.3 Å². The molecule has 1 aliphatic rings. The molecular weight excluding hydrogens is 174 g/mol. The largest absolute Gasteiger partial charge is 0.329 e. The van der Waals surface area contributed by atoms with Crippen LogP contribution in [0.15, 0.2) is 0 Å². The monoisotopic (exact) mass is 199 g/mol. The summed E-state index contributed by atoms with van der Waals surface area (Å²) in [5.74, 6) is 0.776. The molecule has 2 N–H and O–H groups in total. The fourth-order valence-corrected chi connectivity index (χ4v) is 2.20. The molecule has 14 heavy (non-hydrogen) atoms. The summed E-state index contributed by atoms with van der Waals surface area (Å²) in [5, 5.41) is 0. The maximum absolute atomic E-state index is 5.56. The second-order valence-corrected chi connectivity index (χ2v) is 4.83. The summed E-state index contributed by atoms with van der Waals surface area (Å²) in [6.07, 6.45) is 0. The molecule has 1 fully saturated rings. The first-order valence-corrected chi connectivity index (χ1v) is 5.80. The van der Waals surface area contributed by atoms with Crippen molar-refractivity contribution in [2.24, 2.45) is 11.7 Å². The molecule has 0 amide bonds. The lowest BCUT2D eigenvalue weighted by Crippen LogP contribution is -2.53. The Kier molecular flexibility index (Phi) is 4.85. The van der Waals surface area contributed by atoms with Crippen LogP contribution in [0.3, 0.4) is 0 Å². The van der Waals surface area contributed by atoms with Gasteiger partial charge in [-0.05, 0) is 12.8 Å². The molecule has 3 heteroatoms. The smallest absolute Gasteiger partial charge is 0.0195 e. The van der Waals surface area contributed by atoms with E-state index in [2.05, 4.69) is 30.6 Å². The second kappa shape index (κ2) is 5.69. The van der Waals surface area contributed by atoms with Gasteiger partial charge in [0.1, 0.15) is 0 Å². The Bertz CT molecular complexity index is 159. The van der Waals surface area contributed by atoms with Crippen LogP contribution in [0.4, 0.5) is 0 Å². The van der Waals surface area contributed by atoms with Gasteiger partial charge in [0.15, 0.2) is 0 Å². The van der Waals surface area contributed by atoms with Gasteiger partial charge in [-0.3, -0.25) is 9.80 Å². The van der Waals surface area contributed by atoms with E-state index in [0.29, 0.717) is 6.04 Å². The zero-order valence-electron chi connectivity index (χ0n) is 9.87. The van der Waals surface area contributed by atoms with Gasteiger partial charge in [0.05, 0.1) is 0 Å². The summed E-state index contributed by atoms with van der Waals surface area (Å²) in [6.45, 7) is 13.6. The highest BCUT2D eigenvalue weighted by atomic mass is 15.3. The fourth-order valence-electron chi connectivity index (χ4n) is 2.20. The van der Waals surface area contributed by atoms with E-state index in [1.807, 2.05) is 0 Å². The molecular formula is C11H25N3. The average Bonchev–Trinajstić information content (AvgIpc) is 2.10. The Morgan fingerprint density at radius 3 is 2.57 bits per heavy atom. The molecule has 0 aromatic carbocycles. The molecule has 3 nitrogen and oxygen atoms in total. The van der Waals surface area contributed by atoms with Crippen molar-refractivity contribution in [3.63, 3.8) is 0 Å². The highest BCUT2D eigenvalue weighted by Crippen LogP contribution is 2.11. The number of rotatable bonds is 4. The predicted molar refractivity (Wildman–Crippen MR) is 61.4 cm³/mol. The van der Waals surface area contributed by atoms with Gasteiger partial charge in [-0.2, -0.15) is 0 Å². The average molecular weight is 199 g/mol. The third kappa shape index (κ3) is 3.56. The minimum Gasteiger partial charge on any atom is -0.329 e. The number of nitrogens with zero attached hydrogens (tertiary/aromatic N) is 2. The maximum Gasteiger partial charge on any atom is 0.0195 e. The SMILES string of the molecule is CC(C)CN1CCN(CCN)CC1C. The first kappa shape index (κ1) is 12.0. The van der Waals surface area contributed by atoms with Crippen molar-refractivity contribution >= 4 is 0 Å². The minimum absolute atomic E-state index is 0.692. The molecule has 0 aliphatic carbocycles. The number of hydrogen-bond donors (Lipinski definition) is 1. The van der Waals surface area contributed by atoms with Crippen molar-refractivity contribution in [1.82, 2.24) is 9.80 Å². The van der Waals surface area contributed by atoms with Gasteiger partial charge in [-0.1, -0.05) is 13.8 Å². The van der Waals surface area contributed by atoms with Gasteiger partial charge in [0.25, 0.3) is 0 Å². The van der Waals surface area contributed by atoms with Crippen LogP contribution in [0.5, 0.6) is 0 Å². The Labute approximate surface area is 88.2 Å². The Morgan fingerprint density at radius 1 is 1.36 bits per heavy atom. The third-order valence-corrected chi connectivity index (χ3v) is 2.89. The lowest BCUT2D eigenvalue weighted by Gasteiger charge is -2.40. The van der Waals surface area contributed by atoms with Crippen LogP contribution in [0.25, 0.3) is 0 Å². The van der Waals surface area contributed by atoms with Gasteiger partial charge in [-0.15, -0.1) is 0 Å². The normalized spacial score (nSPS) is 25.9. The molecule has 1 heterocycles. The summed E-state index contributed by atoms with van der Waals surface area (Å²) in [4.78, 5) is 5.07. The van der Waals surface area contributed by atoms with Crippen molar-refractivity contribution in [2.45, 2.75) is 26.8 Å². The maximum atomic E-state index is 5.56. The van der Waals surface area contributed by atoms with Crippen molar-refractivity contribution < 1.29 is 0 Å². The Balaban J connectivity index is 2.32. The van der Waals surface area contributed by atoms with E-state index in [4.69, 9.17) is 5.73 Å². The Morgan fingerprint density at radius 2 is 2.07 bits per heavy atom. The lowest BCUT2D eigenvalue weighted by molar-refractivity contribution is 0.0763. The van der Waals surface area contributed by atoms with Crippen LogP contribution in [0.2, 0.25) is 0 Å². The Hall–Kier alpha value is -0.120. The molecule has 1 aliphatic heterocycles. The van der Waals surface area contributed by atoms with Crippen molar-refractivity contribution in [3.05, 3.63) is 0 Å². The standard InChI is InChI=1S/C11H25N3/c1-10(2)8-14-7-6-13(5-4-12)9-11(14)3/h10-11H,4-9,12H2,1-3H3. The summed E-state index contributed by atoms with van der Waals surface area (Å²) < 4.78 is 0. The van der Waals surface area contributed by atoms with Gasteiger partial charge < -0.3 is 5.73 Å². The zero-order chi connectivity index (χ0) is 10.6. The number of piperazine rings is 1. The summed E-state index contributed by atoms with van der Waals surface area (Å²) in [5.41, 5.74) is 5.56. The molecule has 0 spiro atoms. The van der Waals surface area contributed by atoms with Crippen molar-refractivity contribution in [3.8, 4) is 0 Å². The summed E-state index contributed by atoms with van der Waals surface area (Å²) in [7, 11) is 0. The van der Waals surface area contributed by atoms with Crippen molar-refractivity contribution in [2.75, 3.05) is 39.3 Å². The van der Waals surface area contributed by atoms with Crippen LogP contribution in [-0.4, -0.2) is 55.1 Å². The first-order chi connectivity index (χ1) is 6.63. The molecule has 1 unspecified atom stereocenters. The van der Waals surface area contributed by atoms with Crippen LogP contribution >= 0.6 is 0 Å². The van der Waals surface area contributed by atoms with Crippen LogP contribution in [0, 0.1) is 5.92 Å². The van der Waals surface area contributed by atoms with E-state index >= 15 is 0 Å². The molecule has 0 aromatic rings. The van der Waals surface area contributed by atoms with Crippen LogP contribution in [-0.2, 0) is 0 Å². The van der Waals surface area contributed by atoms with E-state index in [1.165, 1.54) is 26.2 Å². The summed E-state index contributed by atoms with van der Waals surface area (Å²) in [6, 6.07) is 0.692. The van der Waals surface area contributed by atoms with Crippen LogP contribution < -0.4 is 5.73 Å².